The molecule has 1 aromatic rings. The summed E-state index contributed by atoms with van der Waals surface area (Å²) in [5, 5.41) is 0. The highest BCUT2D eigenvalue weighted by atomic mass is 14.1. The molecule has 0 saturated heterocycles. The molecule has 0 fully saturated rings. The summed E-state index contributed by atoms with van der Waals surface area (Å²) < 4.78 is 0. The van der Waals surface area contributed by atoms with Crippen molar-refractivity contribution in [1.29, 1.82) is 0 Å². The lowest BCUT2D eigenvalue weighted by molar-refractivity contribution is 0.733. The van der Waals surface area contributed by atoms with Crippen LogP contribution in [0.5, 0.6) is 0 Å². The molecule has 0 amide bonds. The molecule has 0 heterocycles. The molecule has 82 valence electrons. The van der Waals surface area contributed by atoms with Crippen LogP contribution in [0.25, 0.3) is 6.08 Å². The Balaban J connectivity index is 2.64. The topological polar surface area (TPSA) is 0 Å². The van der Waals surface area contributed by atoms with Gasteiger partial charge in [0.2, 0.25) is 0 Å². The fourth-order valence-corrected chi connectivity index (χ4v) is 1.56. The predicted octanol–water partition coefficient (Wildman–Crippen LogP) is 5.01. The fourth-order valence-electron chi connectivity index (χ4n) is 1.56. The third-order valence-electron chi connectivity index (χ3n) is 2.88. The van der Waals surface area contributed by atoms with Crippen LogP contribution in [-0.2, 0) is 0 Å². The number of allylic oxidation sites excluding steroid dienone is 1. The van der Waals surface area contributed by atoms with E-state index in [9.17, 15) is 0 Å². The van der Waals surface area contributed by atoms with E-state index in [0.717, 1.165) is 0 Å². The van der Waals surface area contributed by atoms with Crippen LogP contribution in [0.1, 0.15) is 57.1 Å². The minimum Gasteiger partial charge on any atom is -0.0840 e. The van der Waals surface area contributed by atoms with Gasteiger partial charge in [0.25, 0.3) is 0 Å². The maximum Gasteiger partial charge on any atom is -0.0193 e. The smallest absolute Gasteiger partial charge is 0.0193 e. The van der Waals surface area contributed by atoms with Gasteiger partial charge in [0, 0.05) is 0 Å². The van der Waals surface area contributed by atoms with Crippen molar-refractivity contribution >= 4 is 6.08 Å². The molecule has 1 rings (SSSR count). The summed E-state index contributed by atoms with van der Waals surface area (Å²) in [5.74, 6) is 0.679. The van der Waals surface area contributed by atoms with Crippen molar-refractivity contribution in [3.05, 3.63) is 41.5 Å². The van der Waals surface area contributed by atoms with Crippen molar-refractivity contribution in [3.63, 3.8) is 0 Å². The first-order chi connectivity index (χ1) is 7.27. The molecule has 0 heteroatoms. The highest BCUT2D eigenvalue weighted by Gasteiger charge is 2.00. The van der Waals surface area contributed by atoms with Crippen LogP contribution in [0.15, 0.2) is 30.3 Å². The Hall–Kier alpha value is -1.04. The number of hydrogen-bond acceptors (Lipinski definition) is 0. The summed E-state index contributed by atoms with van der Waals surface area (Å²) in [6.45, 7) is 6.72. The Bertz CT molecular complexity index is 292. The van der Waals surface area contributed by atoms with Crippen LogP contribution in [-0.4, -0.2) is 0 Å². The molecule has 0 aliphatic heterocycles. The average Bonchev–Trinajstić information content (AvgIpc) is 2.29. The predicted molar refractivity (Wildman–Crippen MR) is 69.1 cm³/mol. The highest BCUT2D eigenvalue weighted by molar-refractivity contribution is 5.49. The number of rotatable bonds is 5. The van der Waals surface area contributed by atoms with E-state index in [1.807, 2.05) is 0 Å². The van der Waals surface area contributed by atoms with E-state index >= 15 is 0 Å². The number of hydrogen-bond donors (Lipinski definition) is 0. The van der Waals surface area contributed by atoms with Gasteiger partial charge in [-0.25, -0.2) is 0 Å². The van der Waals surface area contributed by atoms with Crippen molar-refractivity contribution in [2.45, 2.75) is 46.0 Å². The molecule has 1 unspecified atom stereocenters. The van der Waals surface area contributed by atoms with E-state index in [0.29, 0.717) is 5.92 Å². The van der Waals surface area contributed by atoms with Gasteiger partial charge in [0.1, 0.15) is 0 Å². The minimum atomic E-state index is 0.679. The molecule has 15 heavy (non-hydrogen) atoms. The molecule has 1 aromatic carbocycles. The van der Waals surface area contributed by atoms with Crippen LogP contribution in [0.3, 0.4) is 0 Å². The molecule has 0 spiro atoms. The standard InChI is InChI=1S/C15H22/c1-4-6-7-8-14-9-11-15(12-10-14)13(3)5-2/h7-13H,4-6H2,1-3H3. The zero-order valence-corrected chi connectivity index (χ0v) is 10.2. The van der Waals surface area contributed by atoms with Crippen LogP contribution >= 0.6 is 0 Å². The lowest BCUT2D eigenvalue weighted by Gasteiger charge is -2.08. The molecule has 0 aliphatic rings. The molecule has 1 atom stereocenters. The molecular weight excluding hydrogens is 180 g/mol. The van der Waals surface area contributed by atoms with E-state index in [1.54, 1.807) is 0 Å². The minimum absolute atomic E-state index is 0.679. The van der Waals surface area contributed by atoms with Gasteiger partial charge in [0.15, 0.2) is 0 Å². The quantitative estimate of drug-likeness (QED) is 0.629. The van der Waals surface area contributed by atoms with E-state index in [-0.39, 0.29) is 0 Å². The second kappa shape index (κ2) is 6.44. The molecule has 0 aliphatic carbocycles. The first kappa shape index (κ1) is 12.0. The average molecular weight is 202 g/mol. The second-order valence-electron chi connectivity index (χ2n) is 4.17. The molecule has 0 radical (unpaired) electrons. The summed E-state index contributed by atoms with van der Waals surface area (Å²) in [6, 6.07) is 8.93. The van der Waals surface area contributed by atoms with Gasteiger partial charge in [-0.2, -0.15) is 0 Å². The van der Waals surface area contributed by atoms with Gasteiger partial charge in [-0.3, -0.25) is 0 Å². The van der Waals surface area contributed by atoms with Crippen molar-refractivity contribution in [3.8, 4) is 0 Å². The van der Waals surface area contributed by atoms with E-state index in [1.165, 1.54) is 30.4 Å². The van der Waals surface area contributed by atoms with E-state index in [2.05, 4.69) is 57.2 Å². The van der Waals surface area contributed by atoms with Gasteiger partial charge in [-0.15, -0.1) is 0 Å². The Morgan fingerprint density at radius 3 is 2.33 bits per heavy atom. The fraction of sp³-hybridized carbons (Fsp3) is 0.467. The monoisotopic (exact) mass is 202 g/mol. The maximum atomic E-state index is 2.28. The lowest BCUT2D eigenvalue weighted by Crippen LogP contribution is -1.90. The van der Waals surface area contributed by atoms with Gasteiger partial charge >= 0.3 is 0 Å². The zero-order chi connectivity index (χ0) is 11.1. The third kappa shape index (κ3) is 3.91. The highest BCUT2D eigenvalue weighted by Crippen LogP contribution is 2.19. The second-order valence-corrected chi connectivity index (χ2v) is 4.17. The summed E-state index contributed by atoms with van der Waals surface area (Å²) in [6.07, 6.45) is 8.07. The van der Waals surface area contributed by atoms with Gasteiger partial charge in [0.05, 0.1) is 0 Å². The molecule has 0 saturated carbocycles. The SMILES string of the molecule is CCCC=Cc1ccc(C(C)CC)cc1. The number of unbranched alkanes of at least 4 members (excludes halogenated alkanes) is 1. The van der Waals surface area contributed by atoms with Crippen molar-refractivity contribution in [2.75, 3.05) is 0 Å². The first-order valence-electron chi connectivity index (χ1n) is 6.04. The molecule has 0 aromatic heterocycles. The Morgan fingerprint density at radius 1 is 1.13 bits per heavy atom. The zero-order valence-electron chi connectivity index (χ0n) is 10.2. The number of benzene rings is 1. The molecule has 0 nitrogen and oxygen atoms in total. The van der Waals surface area contributed by atoms with Crippen LogP contribution in [0.4, 0.5) is 0 Å². The molecule has 0 N–H and O–H groups in total. The van der Waals surface area contributed by atoms with Crippen LogP contribution in [0.2, 0.25) is 0 Å². The Kier molecular flexibility index (Phi) is 5.17. The van der Waals surface area contributed by atoms with Crippen LogP contribution in [0, 0.1) is 0 Å². The van der Waals surface area contributed by atoms with Crippen molar-refractivity contribution < 1.29 is 0 Å². The van der Waals surface area contributed by atoms with Gasteiger partial charge in [-0.05, 0) is 29.9 Å². The first-order valence-corrected chi connectivity index (χ1v) is 6.04. The summed E-state index contributed by atoms with van der Waals surface area (Å²) >= 11 is 0. The lowest BCUT2D eigenvalue weighted by atomic mass is 9.97. The molecule has 0 bridgehead atoms. The van der Waals surface area contributed by atoms with Gasteiger partial charge in [-0.1, -0.05) is 63.6 Å². The largest absolute Gasteiger partial charge is 0.0840 e. The van der Waals surface area contributed by atoms with Crippen molar-refractivity contribution in [2.24, 2.45) is 0 Å². The van der Waals surface area contributed by atoms with Crippen LogP contribution < -0.4 is 0 Å². The normalized spacial score (nSPS) is 13.3. The van der Waals surface area contributed by atoms with Gasteiger partial charge < -0.3 is 0 Å². The summed E-state index contributed by atoms with van der Waals surface area (Å²) in [4.78, 5) is 0. The maximum absolute atomic E-state index is 2.28. The summed E-state index contributed by atoms with van der Waals surface area (Å²) in [7, 11) is 0. The van der Waals surface area contributed by atoms with Crippen molar-refractivity contribution in [1.82, 2.24) is 0 Å². The van der Waals surface area contributed by atoms with E-state index < -0.39 is 0 Å². The molecular formula is C15H22. The Morgan fingerprint density at radius 2 is 1.80 bits per heavy atom. The summed E-state index contributed by atoms with van der Waals surface area (Å²) in [5.41, 5.74) is 2.76. The third-order valence-corrected chi connectivity index (χ3v) is 2.88. The Labute approximate surface area is 94.0 Å². The van der Waals surface area contributed by atoms with E-state index in [4.69, 9.17) is 0 Å².